The first kappa shape index (κ1) is 16.7. The fourth-order valence-electron chi connectivity index (χ4n) is 2.70. The van der Waals surface area contributed by atoms with Crippen molar-refractivity contribution in [3.63, 3.8) is 0 Å². The van der Waals surface area contributed by atoms with Gasteiger partial charge in [-0.1, -0.05) is 37.6 Å². The molecule has 2 rings (SSSR count). The van der Waals surface area contributed by atoms with Crippen LogP contribution in [0.5, 0.6) is 0 Å². The highest BCUT2D eigenvalue weighted by molar-refractivity contribution is 7.99. The normalized spacial score (nSPS) is 17.8. The lowest BCUT2D eigenvalue weighted by Gasteiger charge is -2.33. The Kier molecular flexibility index (Phi) is 4.22. The molecule has 1 aliphatic heterocycles. The van der Waals surface area contributed by atoms with Crippen molar-refractivity contribution in [2.24, 2.45) is 0 Å². The maximum atomic E-state index is 12.9. The van der Waals surface area contributed by atoms with E-state index in [9.17, 15) is 13.2 Å². The predicted octanol–water partition coefficient (Wildman–Crippen LogP) is 3.26. The SMILES string of the molecule is CCc1cc(C)ccc1C1=CC(=O)N(C(C)(C)CC)S1(=O)=O. The number of aryl methyl sites for hydroxylation is 2. The number of amides is 1. The molecule has 5 heteroatoms. The fraction of sp³-hybridized carbons (Fsp3) is 0.471. The average molecular weight is 321 g/mol. The highest BCUT2D eigenvalue weighted by Crippen LogP contribution is 2.38. The summed E-state index contributed by atoms with van der Waals surface area (Å²) in [6.45, 7) is 9.38. The molecule has 0 aromatic heterocycles. The standard InChI is InChI=1S/C17H23NO3S/c1-6-13-10-12(3)8-9-14(13)15-11-16(19)18(22(15,20)21)17(4,5)7-2/h8-11H,6-7H2,1-5H3. The van der Waals surface area contributed by atoms with Gasteiger partial charge in [-0.15, -0.1) is 0 Å². The summed E-state index contributed by atoms with van der Waals surface area (Å²) in [7, 11) is -3.80. The van der Waals surface area contributed by atoms with Crippen LogP contribution in [0.4, 0.5) is 0 Å². The van der Waals surface area contributed by atoms with E-state index < -0.39 is 21.5 Å². The summed E-state index contributed by atoms with van der Waals surface area (Å²) in [6.07, 6.45) is 2.54. The summed E-state index contributed by atoms with van der Waals surface area (Å²) >= 11 is 0. The van der Waals surface area contributed by atoms with Crippen LogP contribution in [-0.4, -0.2) is 24.2 Å². The maximum Gasteiger partial charge on any atom is 0.268 e. The maximum absolute atomic E-state index is 12.9. The Morgan fingerprint density at radius 1 is 1.18 bits per heavy atom. The number of hydrogen-bond acceptors (Lipinski definition) is 3. The van der Waals surface area contributed by atoms with Crippen molar-refractivity contribution >= 4 is 20.8 Å². The highest BCUT2D eigenvalue weighted by Gasteiger charge is 2.45. The van der Waals surface area contributed by atoms with Crippen molar-refractivity contribution in [3.05, 3.63) is 41.0 Å². The van der Waals surface area contributed by atoms with Crippen molar-refractivity contribution in [1.82, 2.24) is 4.31 Å². The van der Waals surface area contributed by atoms with Crippen LogP contribution in [0.25, 0.3) is 4.91 Å². The van der Waals surface area contributed by atoms with Gasteiger partial charge in [0.2, 0.25) is 0 Å². The quantitative estimate of drug-likeness (QED) is 0.855. The van der Waals surface area contributed by atoms with Crippen LogP contribution in [-0.2, 0) is 21.2 Å². The average Bonchev–Trinajstić information content (AvgIpc) is 2.68. The van der Waals surface area contributed by atoms with Gasteiger partial charge in [0.25, 0.3) is 15.9 Å². The van der Waals surface area contributed by atoms with Crippen LogP contribution in [0.2, 0.25) is 0 Å². The molecule has 1 aliphatic rings. The second kappa shape index (κ2) is 5.54. The smallest absolute Gasteiger partial charge is 0.268 e. The van der Waals surface area contributed by atoms with Crippen molar-refractivity contribution in [1.29, 1.82) is 0 Å². The van der Waals surface area contributed by atoms with Crippen LogP contribution in [0.15, 0.2) is 24.3 Å². The van der Waals surface area contributed by atoms with Gasteiger partial charge < -0.3 is 0 Å². The number of hydrogen-bond donors (Lipinski definition) is 0. The Labute approximate surface area is 132 Å². The first-order chi connectivity index (χ1) is 10.1. The molecule has 0 fully saturated rings. The zero-order chi connectivity index (χ0) is 16.7. The third kappa shape index (κ3) is 2.58. The van der Waals surface area contributed by atoms with Crippen LogP contribution >= 0.6 is 0 Å². The van der Waals surface area contributed by atoms with Gasteiger partial charge in [-0.25, -0.2) is 12.7 Å². The third-order valence-corrected chi connectivity index (χ3v) is 6.34. The van der Waals surface area contributed by atoms with Gasteiger partial charge >= 0.3 is 0 Å². The van der Waals surface area contributed by atoms with Crippen LogP contribution < -0.4 is 0 Å². The topological polar surface area (TPSA) is 54.5 Å². The molecule has 0 bridgehead atoms. The van der Waals surface area contributed by atoms with Crippen molar-refractivity contribution in [2.75, 3.05) is 0 Å². The van der Waals surface area contributed by atoms with E-state index >= 15 is 0 Å². The molecule has 0 saturated carbocycles. The summed E-state index contributed by atoms with van der Waals surface area (Å²) in [6, 6.07) is 5.65. The van der Waals surface area contributed by atoms with E-state index in [1.807, 2.05) is 32.9 Å². The van der Waals surface area contributed by atoms with E-state index in [0.29, 0.717) is 12.0 Å². The van der Waals surface area contributed by atoms with Gasteiger partial charge in [0.15, 0.2) is 0 Å². The van der Waals surface area contributed by atoms with E-state index in [1.54, 1.807) is 19.9 Å². The minimum Gasteiger partial charge on any atom is -0.269 e. The minimum absolute atomic E-state index is 0.121. The van der Waals surface area contributed by atoms with Gasteiger partial charge in [0, 0.05) is 6.08 Å². The molecule has 22 heavy (non-hydrogen) atoms. The van der Waals surface area contributed by atoms with E-state index in [4.69, 9.17) is 0 Å². The van der Waals surface area contributed by atoms with Gasteiger partial charge in [-0.2, -0.15) is 0 Å². The molecule has 0 unspecified atom stereocenters. The lowest BCUT2D eigenvalue weighted by Crippen LogP contribution is -2.47. The molecule has 1 heterocycles. The lowest BCUT2D eigenvalue weighted by atomic mass is 10.0. The van der Waals surface area contributed by atoms with E-state index in [0.717, 1.165) is 21.9 Å². The Balaban J connectivity index is 2.60. The first-order valence-corrected chi connectivity index (χ1v) is 9.00. The molecule has 4 nitrogen and oxygen atoms in total. The van der Waals surface area contributed by atoms with Crippen LogP contribution in [0.3, 0.4) is 0 Å². The Morgan fingerprint density at radius 2 is 1.82 bits per heavy atom. The van der Waals surface area contributed by atoms with Gasteiger partial charge in [0.05, 0.1) is 5.54 Å². The van der Waals surface area contributed by atoms with Gasteiger partial charge in [0.1, 0.15) is 4.91 Å². The molecule has 1 aromatic carbocycles. The zero-order valence-electron chi connectivity index (χ0n) is 13.8. The van der Waals surface area contributed by atoms with E-state index in [1.165, 1.54) is 6.08 Å². The number of carbonyl (C=O) groups excluding carboxylic acids is 1. The largest absolute Gasteiger partial charge is 0.269 e. The molecule has 0 saturated heterocycles. The number of carbonyl (C=O) groups is 1. The van der Waals surface area contributed by atoms with Crippen molar-refractivity contribution < 1.29 is 13.2 Å². The van der Waals surface area contributed by atoms with Crippen molar-refractivity contribution in [2.45, 2.75) is 53.0 Å². The Bertz CT molecular complexity index is 745. The monoisotopic (exact) mass is 321 g/mol. The highest BCUT2D eigenvalue weighted by atomic mass is 32.2. The predicted molar refractivity (Wildman–Crippen MR) is 88.7 cm³/mol. The molecule has 1 aromatic rings. The summed E-state index contributed by atoms with van der Waals surface area (Å²) in [5.74, 6) is -0.454. The summed E-state index contributed by atoms with van der Waals surface area (Å²) in [5.41, 5.74) is 1.92. The molecular formula is C17H23NO3S. The van der Waals surface area contributed by atoms with E-state index in [2.05, 4.69) is 0 Å². The summed E-state index contributed by atoms with van der Waals surface area (Å²) in [5, 5.41) is 0. The molecule has 0 spiro atoms. The number of benzene rings is 1. The number of rotatable bonds is 4. The molecule has 0 atom stereocenters. The lowest BCUT2D eigenvalue weighted by molar-refractivity contribution is -0.124. The summed E-state index contributed by atoms with van der Waals surface area (Å²) in [4.78, 5) is 12.4. The molecule has 0 radical (unpaired) electrons. The van der Waals surface area contributed by atoms with Crippen molar-refractivity contribution in [3.8, 4) is 0 Å². The second-order valence-electron chi connectivity index (χ2n) is 6.30. The summed E-state index contributed by atoms with van der Waals surface area (Å²) < 4.78 is 26.8. The fourth-order valence-corrected chi connectivity index (χ4v) is 4.69. The molecule has 1 amide bonds. The van der Waals surface area contributed by atoms with E-state index in [-0.39, 0.29) is 4.91 Å². The molecular weight excluding hydrogens is 298 g/mol. The Morgan fingerprint density at radius 3 is 2.36 bits per heavy atom. The molecule has 120 valence electrons. The zero-order valence-corrected chi connectivity index (χ0v) is 14.6. The third-order valence-electron chi connectivity index (χ3n) is 4.30. The number of nitrogens with zero attached hydrogens (tertiary/aromatic N) is 1. The van der Waals surface area contributed by atoms with Crippen LogP contribution in [0, 0.1) is 6.92 Å². The molecule has 0 N–H and O–H groups in total. The molecule has 0 aliphatic carbocycles. The first-order valence-electron chi connectivity index (χ1n) is 7.56. The van der Waals surface area contributed by atoms with Gasteiger partial charge in [-0.05, 0) is 44.7 Å². The van der Waals surface area contributed by atoms with Crippen LogP contribution in [0.1, 0.15) is 50.8 Å². The second-order valence-corrected chi connectivity index (χ2v) is 8.05. The number of sulfonamides is 1. The van der Waals surface area contributed by atoms with Gasteiger partial charge in [-0.3, -0.25) is 4.79 Å². The Hall–Kier alpha value is -1.62. The minimum atomic E-state index is -3.80.